The van der Waals surface area contributed by atoms with E-state index in [0.29, 0.717) is 16.9 Å². The number of hydrogen-bond donors (Lipinski definition) is 2. The Balaban J connectivity index is 2.10. The summed E-state index contributed by atoms with van der Waals surface area (Å²) >= 11 is 0. The molecule has 0 spiro atoms. The fourth-order valence-corrected chi connectivity index (χ4v) is 2.69. The van der Waals surface area contributed by atoms with Gasteiger partial charge in [0, 0.05) is 18.1 Å². The van der Waals surface area contributed by atoms with Gasteiger partial charge in [-0.25, -0.2) is 4.79 Å². The normalized spacial score (nSPS) is 11.5. The standard InChI is InChI=1S/C23H25N3O7/c1-3-31-21(28)14-33-19-10-8-17(9-11-19)22(29)20(13-32-15(2)27)26-23(30)18-6-4-16(5-7-18)12-25-24/h4-12,20H,3,13-14,24H2,1-2H3,(H,26,30)/t20-/m0/s1. The van der Waals surface area contributed by atoms with Crippen LogP contribution in [0.2, 0.25) is 0 Å². The molecule has 174 valence electrons. The smallest absolute Gasteiger partial charge is 0.344 e. The lowest BCUT2D eigenvalue weighted by atomic mass is 10.0. The molecule has 1 atom stereocenters. The van der Waals surface area contributed by atoms with E-state index in [-0.39, 0.29) is 25.4 Å². The van der Waals surface area contributed by atoms with Crippen LogP contribution in [0.25, 0.3) is 0 Å². The number of benzene rings is 2. The van der Waals surface area contributed by atoms with Crippen LogP contribution in [-0.4, -0.2) is 55.7 Å². The first-order chi connectivity index (χ1) is 15.8. The van der Waals surface area contributed by atoms with Crippen LogP contribution in [0.3, 0.4) is 0 Å². The van der Waals surface area contributed by atoms with Crippen molar-refractivity contribution < 1.29 is 33.4 Å². The van der Waals surface area contributed by atoms with Gasteiger partial charge in [-0.2, -0.15) is 5.10 Å². The minimum atomic E-state index is -1.11. The van der Waals surface area contributed by atoms with Crippen molar-refractivity contribution in [1.82, 2.24) is 5.32 Å². The topological polar surface area (TPSA) is 146 Å². The molecular formula is C23H25N3O7. The Kier molecular flexibility index (Phi) is 9.56. The summed E-state index contributed by atoms with van der Waals surface area (Å²) in [6, 6.07) is 11.3. The fraction of sp³-hybridized carbons (Fsp3) is 0.261. The number of carbonyl (C=O) groups is 4. The van der Waals surface area contributed by atoms with E-state index in [4.69, 9.17) is 20.1 Å². The van der Waals surface area contributed by atoms with Crippen molar-refractivity contribution in [2.45, 2.75) is 19.9 Å². The molecule has 0 fully saturated rings. The van der Waals surface area contributed by atoms with E-state index in [2.05, 4.69) is 10.4 Å². The second-order valence-electron chi connectivity index (χ2n) is 6.71. The predicted molar refractivity (Wildman–Crippen MR) is 119 cm³/mol. The first-order valence-electron chi connectivity index (χ1n) is 10.0. The van der Waals surface area contributed by atoms with Gasteiger partial charge in [0.15, 0.2) is 12.4 Å². The van der Waals surface area contributed by atoms with Crippen molar-refractivity contribution in [3.8, 4) is 5.75 Å². The Hall–Kier alpha value is -4.21. The van der Waals surface area contributed by atoms with E-state index in [1.54, 1.807) is 31.2 Å². The number of nitrogens with zero attached hydrogens (tertiary/aromatic N) is 1. The van der Waals surface area contributed by atoms with Crippen molar-refractivity contribution in [2.24, 2.45) is 10.9 Å². The summed E-state index contributed by atoms with van der Waals surface area (Å²) in [6.07, 6.45) is 1.43. The monoisotopic (exact) mass is 455 g/mol. The predicted octanol–water partition coefficient (Wildman–Crippen LogP) is 1.47. The molecule has 2 aromatic rings. The molecule has 33 heavy (non-hydrogen) atoms. The molecule has 1 amide bonds. The number of esters is 2. The second-order valence-corrected chi connectivity index (χ2v) is 6.71. The van der Waals surface area contributed by atoms with Crippen molar-refractivity contribution >= 4 is 29.8 Å². The first-order valence-corrected chi connectivity index (χ1v) is 10.0. The lowest BCUT2D eigenvalue weighted by molar-refractivity contribution is -0.145. The molecule has 0 saturated carbocycles. The number of Topliss-reactive ketones (excluding diaryl/α,β-unsaturated/α-hetero) is 1. The van der Waals surface area contributed by atoms with Gasteiger partial charge in [-0.15, -0.1) is 0 Å². The van der Waals surface area contributed by atoms with Gasteiger partial charge in [0.2, 0.25) is 0 Å². The molecular weight excluding hydrogens is 430 g/mol. The van der Waals surface area contributed by atoms with Crippen molar-refractivity contribution in [1.29, 1.82) is 0 Å². The molecule has 0 unspecified atom stereocenters. The third kappa shape index (κ3) is 8.09. The van der Waals surface area contributed by atoms with Crippen molar-refractivity contribution in [2.75, 3.05) is 19.8 Å². The van der Waals surface area contributed by atoms with Gasteiger partial charge < -0.3 is 25.4 Å². The van der Waals surface area contributed by atoms with Gasteiger partial charge in [0.1, 0.15) is 18.4 Å². The van der Waals surface area contributed by atoms with Crippen LogP contribution in [0.5, 0.6) is 5.75 Å². The average molecular weight is 455 g/mol. The van der Waals surface area contributed by atoms with Gasteiger partial charge in [-0.05, 0) is 48.9 Å². The molecule has 0 bridgehead atoms. The lowest BCUT2D eigenvalue weighted by Crippen LogP contribution is -2.44. The minimum absolute atomic E-state index is 0.247. The highest BCUT2D eigenvalue weighted by atomic mass is 16.6. The zero-order valence-electron chi connectivity index (χ0n) is 18.3. The van der Waals surface area contributed by atoms with Crippen molar-refractivity contribution in [3.05, 3.63) is 65.2 Å². The first kappa shape index (κ1) is 25.1. The summed E-state index contributed by atoms with van der Waals surface area (Å²) in [5.74, 6) is 3.38. The Morgan fingerprint density at radius 1 is 1.00 bits per heavy atom. The van der Waals surface area contributed by atoms with E-state index in [1.807, 2.05) is 0 Å². The molecule has 0 radical (unpaired) electrons. The number of ether oxygens (including phenoxy) is 3. The van der Waals surface area contributed by atoms with E-state index in [1.165, 1.54) is 37.4 Å². The van der Waals surface area contributed by atoms with E-state index < -0.39 is 29.7 Å². The molecule has 3 N–H and O–H groups in total. The largest absolute Gasteiger partial charge is 0.482 e. The summed E-state index contributed by atoms with van der Waals surface area (Å²) in [5.41, 5.74) is 1.25. The van der Waals surface area contributed by atoms with Gasteiger partial charge in [-0.3, -0.25) is 14.4 Å². The van der Waals surface area contributed by atoms with E-state index in [9.17, 15) is 19.2 Å². The quantitative estimate of drug-likeness (QED) is 0.170. The maximum atomic E-state index is 13.0. The summed E-state index contributed by atoms with van der Waals surface area (Å²) in [6.45, 7) is 2.55. The molecule has 0 aromatic heterocycles. The molecule has 0 aliphatic heterocycles. The maximum Gasteiger partial charge on any atom is 0.344 e. The fourth-order valence-electron chi connectivity index (χ4n) is 2.69. The molecule has 0 aliphatic rings. The number of nitrogens with one attached hydrogen (secondary N) is 1. The number of amides is 1. The van der Waals surface area contributed by atoms with Crippen molar-refractivity contribution in [3.63, 3.8) is 0 Å². The summed E-state index contributed by atoms with van der Waals surface area (Å²) in [5, 5.41) is 6.00. The lowest BCUT2D eigenvalue weighted by Gasteiger charge is -2.18. The van der Waals surface area contributed by atoms with E-state index in [0.717, 1.165) is 0 Å². The van der Waals surface area contributed by atoms with Crippen LogP contribution in [0.15, 0.2) is 53.6 Å². The Bertz CT molecular complexity index is 1000. The number of hydrazone groups is 1. The molecule has 10 heteroatoms. The molecule has 2 rings (SSSR count). The Morgan fingerprint density at radius 3 is 2.21 bits per heavy atom. The van der Waals surface area contributed by atoms with Crippen LogP contribution in [-0.2, 0) is 19.1 Å². The number of ketones is 1. The molecule has 0 heterocycles. The molecule has 0 aliphatic carbocycles. The third-order valence-electron chi connectivity index (χ3n) is 4.27. The molecule has 2 aromatic carbocycles. The van der Waals surface area contributed by atoms with Gasteiger partial charge >= 0.3 is 11.9 Å². The SMILES string of the molecule is CCOC(=O)COc1ccc(C(=O)[C@H](COC(C)=O)NC(=O)c2ccc(C=NN)cc2)cc1. The zero-order chi connectivity index (χ0) is 24.2. The maximum absolute atomic E-state index is 13.0. The van der Waals surface area contributed by atoms with Gasteiger partial charge in [0.05, 0.1) is 12.8 Å². The molecule has 0 saturated heterocycles. The van der Waals surface area contributed by atoms with Crippen LogP contribution < -0.4 is 15.9 Å². The Labute approximate surface area is 190 Å². The highest BCUT2D eigenvalue weighted by molar-refractivity contribution is 6.04. The minimum Gasteiger partial charge on any atom is -0.482 e. The Morgan fingerprint density at radius 2 is 1.64 bits per heavy atom. The number of nitrogens with two attached hydrogens (primary N) is 1. The number of hydrogen-bond acceptors (Lipinski definition) is 9. The third-order valence-corrected chi connectivity index (χ3v) is 4.27. The van der Waals surface area contributed by atoms with Crippen LogP contribution in [0.4, 0.5) is 0 Å². The summed E-state index contributed by atoms with van der Waals surface area (Å²) < 4.78 is 15.0. The van der Waals surface area contributed by atoms with Crippen LogP contribution in [0, 0.1) is 0 Å². The second kappa shape index (κ2) is 12.6. The average Bonchev–Trinajstić information content (AvgIpc) is 2.81. The van der Waals surface area contributed by atoms with Crippen LogP contribution >= 0.6 is 0 Å². The van der Waals surface area contributed by atoms with E-state index >= 15 is 0 Å². The highest BCUT2D eigenvalue weighted by Gasteiger charge is 2.24. The summed E-state index contributed by atoms with van der Waals surface area (Å²) in [4.78, 5) is 48.2. The molecule has 10 nitrogen and oxygen atoms in total. The number of carbonyl (C=O) groups excluding carboxylic acids is 4. The van der Waals surface area contributed by atoms with Gasteiger partial charge in [-0.1, -0.05) is 12.1 Å². The van der Waals surface area contributed by atoms with Crippen LogP contribution in [0.1, 0.15) is 40.1 Å². The number of rotatable bonds is 11. The van der Waals surface area contributed by atoms with Gasteiger partial charge in [0.25, 0.3) is 5.91 Å². The zero-order valence-corrected chi connectivity index (χ0v) is 18.3. The highest BCUT2D eigenvalue weighted by Crippen LogP contribution is 2.14. The summed E-state index contributed by atoms with van der Waals surface area (Å²) in [7, 11) is 0.